The molecule has 0 saturated carbocycles. The highest BCUT2D eigenvalue weighted by Gasteiger charge is 2.24. The van der Waals surface area contributed by atoms with Gasteiger partial charge in [0.2, 0.25) is 5.95 Å². The Morgan fingerprint density at radius 1 is 1.31 bits per heavy atom. The zero-order valence-electron chi connectivity index (χ0n) is 15.0. The normalized spacial score (nSPS) is 12.9. The van der Waals surface area contributed by atoms with Gasteiger partial charge < -0.3 is 19.7 Å². The fourth-order valence-corrected chi connectivity index (χ4v) is 2.94. The minimum absolute atomic E-state index is 0.116. The largest absolute Gasteiger partial charge is 0.493 e. The third kappa shape index (κ3) is 3.61. The zero-order chi connectivity index (χ0) is 18.5. The van der Waals surface area contributed by atoms with Crippen molar-refractivity contribution in [3.63, 3.8) is 0 Å². The van der Waals surface area contributed by atoms with Gasteiger partial charge in [-0.3, -0.25) is 4.79 Å². The van der Waals surface area contributed by atoms with Crippen molar-refractivity contribution in [1.82, 2.24) is 14.9 Å². The molecule has 2 heterocycles. The number of amides is 1. The van der Waals surface area contributed by atoms with E-state index < -0.39 is 0 Å². The second kappa shape index (κ2) is 7.86. The Hall–Kier alpha value is -3.09. The third-order valence-corrected chi connectivity index (χ3v) is 4.28. The molecule has 0 bridgehead atoms. The Morgan fingerprint density at radius 3 is 2.73 bits per heavy atom. The van der Waals surface area contributed by atoms with Crippen LogP contribution in [0.25, 0.3) is 0 Å². The quantitative estimate of drug-likeness (QED) is 0.802. The van der Waals surface area contributed by atoms with Gasteiger partial charge in [0.25, 0.3) is 5.91 Å². The summed E-state index contributed by atoms with van der Waals surface area (Å²) in [6, 6.07) is 5.55. The molecule has 3 rings (SSSR count). The zero-order valence-corrected chi connectivity index (χ0v) is 15.0. The average molecular weight is 354 g/mol. The van der Waals surface area contributed by atoms with E-state index in [2.05, 4.69) is 21.9 Å². The monoisotopic (exact) mass is 354 g/mol. The molecule has 1 N–H and O–H groups in total. The van der Waals surface area contributed by atoms with Crippen LogP contribution in [0, 0.1) is 0 Å². The van der Waals surface area contributed by atoms with E-state index in [1.165, 1.54) is 5.56 Å². The number of fused-ring (bicyclic) bond motifs is 1. The number of carbonyl (C=O) groups excluding carboxylic acids is 1. The topological polar surface area (TPSA) is 76.6 Å². The lowest BCUT2D eigenvalue weighted by Crippen LogP contribution is -2.36. The molecule has 0 aliphatic carbocycles. The molecule has 7 heteroatoms. The number of nitrogens with zero attached hydrogens (tertiary/aromatic N) is 3. The predicted octanol–water partition coefficient (Wildman–Crippen LogP) is 2.29. The van der Waals surface area contributed by atoms with E-state index in [0.717, 1.165) is 12.0 Å². The van der Waals surface area contributed by atoms with Crippen LogP contribution in [0.5, 0.6) is 11.5 Å². The Kier molecular flexibility index (Phi) is 5.36. The second-order valence-electron chi connectivity index (χ2n) is 5.89. The number of ether oxygens (including phenoxy) is 2. The molecule has 0 atom stereocenters. The number of hydrogen-bond acceptors (Lipinski definition) is 6. The summed E-state index contributed by atoms with van der Waals surface area (Å²) >= 11 is 0. The number of hydrogen-bond donors (Lipinski definition) is 1. The average Bonchev–Trinajstić information content (AvgIpc) is 2.70. The van der Waals surface area contributed by atoms with Gasteiger partial charge in [-0.25, -0.2) is 9.97 Å². The number of methoxy groups -OCH3 is 2. The smallest absolute Gasteiger partial charge is 0.272 e. The van der Waals surface area contributed by atoms with Crippen molar-refractivity contribution < 1.29 is 14.3 Å². The van der Waals surface area contributed by atoms with E-state index in [4.69, 9.17) is 9.47 Å². The SMILES string of the molecule is C=CCNc1nccc(C(=O)N2CCc3cc(OC)c(OC)cc3C2)n1. The van der Waals surface area contributed by atoms with Crippen LogP contribution in [0.15, 0.2) is 37.1 Å². The molecule has 0 saturated heterocycles. The highest BCUT2D eigenvalue weighted by molar-refractivity contribution is 5.92. The fourth-order valence-electron chi connectivity index (χ4n) is 2.94. The third-order valence-electron chi connectivity index (χ3n) is 4.28. The van der Waals surface area contributed by atoms with E-state index in [1.54, 1.807) is 37.5 Å². The maximum Gasteiger partial charge on any atom is 0.272 e. The highest BCUT2D eigenvalue weighted by Crippen LogP contribution is 2.33. The molecule has 136 valence electrons. The van der Waals surface area contributed by atoms with E-state index >= 15 is 0 Å². The molecule has 2 aromatic rings. The molecule has 1 aliphatic heterocycles. The Bertz CT molecular complexity index is 822. The van der Waals surface area contributed by atoms with Gasteiger partial charge in [-0.1, -0.05) is 6.08 Å². The summed E-state index contributed by atoms with van der Waals surface area (Å²) < 4.78 is 10.7. The molecule has 26 heavy (non-hydrogen) atoms. The summed E-state index contributed by atoms with van der Waals surface area (Å²) in [6.45, 7) is 5.31. The molecule has 1 aromatic heterocycles. The van der Waals surface area contributed by atoms with Gasteiger partial charge in [-0.15, -0.1) is 6.58 Å². The van der Waals surface area contributed by atoms with Crippen LogP contribution in [0.4, 0.5) is 5.95 Å². The summed E-state index contributed by atoms with van der Waals surface area (Å²) in [7, 11) is 3.23. The van der Waals surface area contributed by atoms with Crippen molar-refractivity contribution >= 4 is 11.9 Å². The summed E-state index contributed by atoms with van der Waals surface area (Å²) in [6.07, 6.45) is 4.05. The summed E-state index contributed by atoms with van der Waals surface area (Å²) in [4.78, 5) is 23.0. The predicted molar refractivity (Wildman–Crippen MR) is 98.7 cm³/mol. The minimum atomic E-state index is -0.116. The van der Waals surface area contributed by atoms with Gasteiger partial charge in [-0.2, -0.15) is 0 Å². The number of nitrogens with one attached hydrogen (secondary N) is 1. The number of rotatable bonds is 6. The fraction of sp³-hybridized carbons (Fsp3) is 0.316. The van der Waals surface area contributed by atoms with Crippen molar-refractivity contribution in [2.24, 2.45) is 0 Å². The first-order valence-corrected chi connectivity index (χ1v) is 8.37. The first-order valence-electron chi connectivity index (χ1n) is 8.37. The molecule has 1 aromatic carbocycles. The van der Waals surface area contributed by atoms with Crippen LogP contribution in [-0.2, 0) is 13.0 Å². The van der Waals surface area contributed by atoms with Crippen LogP contribution in [-0.4, -0.2) is 48.1 Å². The van der Waals surface area contributed by atoms with Crippen LogP contribution in [0.3, 0.4) is 0 Å². The van der Waals surface area contributed by atoms with Crippen molar-refractivity contribution in [3.05, 3.63) is 53.9 Å². The van der Waals surface area contributed by atoms with E-state index in [9.17, 15) is 4.79 Å². The molecule has 1 amide bonds. The van der Waals surface area contributed by atoms with Gasteiger partial charge in [0.05, 0.1) is 14.2 Å². The van der Waals surface area contributed by atoms with Crippen LogP contribution in [0.1, 0.15) is 21.6 Å². The molecular weight excluding hydrogens is 332 g/mol. The van der Waals surface area contributed by atoms with Crippen LogP contribution < -0.4 is 14.8 Å². The van der Waals surface area contributed by atoms with Gasteiger partial charge in [0.1, 0.15) is 5.69 Å². The second-order valence-corrected chi connectivity index (χ2v) is 5.89. The molecule has 0 spiro atoms. The van der Waals surface area contributed by atoms with Gasteiger partial charge >= 0.3 is 0 Å². The Balaban J connectivity index is 1.80. The Labute approximate surface area is 152 Å². The number of carbonyl (C=O) groups is 1. The van der Waals surface area contributed by atoms with Crippen molar-refractivity contribution in [3.8, 4) is 11.5 Å². The van der Waals surface area contributed by atoms with Crippen LogP contribution in [0.2, 0.25) is 0 Å². The highest BCUT2D eigenvalue weighted by atomic mass is 16.5. The van der Waals surface area contributed by atoms with E-state index in [-0.39, 0.29) is 5.91 Å². The minimum Gasteiger partial charge on any atom is -0.493 e. The van der Waals surface area contributed by atoms with Gasteiger partial charge in [0, 0.05) is 25.8 Å². The lowest BCUT2D eigenvalue weighted by molar-refractivity contribution is 0.0728. The van der Waals surface area contributed by atoms with Crippen LogP contribution >= 0.6 is 0 Å². The maximum absolute atomic E-state index is 12.8. The summed E-state index contributed by atoms with van der Waals surface area (Å²) in [5.74, 6) is 1.67. The van der Waals surface area contributed by atoms with Crippen molar-refractivity contribution in [2.45, 2.75) is 13.0 Å². The number of anilines is 1. The molecule has 0 unspecified atom stereocenters. The summed E-state index contributed by atoms with van der Waals surface area (Å²) in [5.41, 5.74) is 2.60. The van der Waals surface area contributed by atoms with E-state index in [0.29, 0.717) is 42.8 Å². The first-order chi connectivity index (χ1) is 12.7. The lowest BCUT2D eigenvalue weighted by atomic mass is 9.98. The van der Waals surface area contributed by atoms with Gasteiger partial charge in [0.15, 0.2) is 11.5 Å². The maximum atomic E-state index is 12.8. The number of aromatic nitrogens is 2. The molecule has 0 fully saturated rings. The Morgan fingerprint density at radius 2 is 2.04 bits per heavy atom. The van der Waals surface area contributed by atoms with Gasteiger partial charge in [-0.05, 0) is 35.7 Å². The van der Waals surface area contributed by atoms with Crippen molar-refractivity contribution in [2.75, 3.05) is 32.6 Å². The molecular formula is C19H22N4O3. The molecule has 1 aliphatic rings. The number of benzene rings is 1. The molecule has 0 radical (unpaired) electrons. The lowest BCUT2D eigenvalue weighted by Gasteiger charge is -2.29. The first kappa shape index (κ1) is 17.7. The standard InChI is InChI=1S/C19H22N4O3/c1-4-7-20-19-21-8-5-15(22-19)18(24)23-9-6-13-10-16(25-2)17(26-3)11-14(13)12-23/h4-5,8,10-11H,1,6-7,9,12H2,2-3H3,(H,20,21,22). The van der Waals surface area contributed by atoms with E-state index in [1.807, 2.05) is 12.1 Å². The molecule has 7 nitrogen and oxygen atoms in total. The van der Waals surface area contributed by atoms with Crippen molar-refractivity contribution in [1.29, 1.82) is 0 Å². The summed E-state index contributed by atoms with van der Waals surface area (Å²) in [5, 5.41) is 2.99.